The second-order valence-corrected chi connectivity index (χ2v) is 6.83. The molecular weight excluding hydrogens is 286 g/mol. The SMILES string of the molecule is CC(=O)Nc1nc(C(=O)N2CCCC2C2CCCC2)cs1. The zero-order valence-corrected chi connectivity index (χ0v) is 13.1. The topological polar surface area (TPSA) is 62.3 Å². The van der Waals surface area contributed by atoms with Gasteiger partial charge in [0.2, 0.25) is 5.91 Å². The Morgan fingerprint density at radius 3 is 2.76 bits per heavy atom. The highest BCUT2D eigenvalue weighted by Gasteiger charge is 2.36. The number of amides is 2. The largest absolute Gasteiger partial charge is 0.334 e. The molecule has 21 heavy (non-hydrogen) atoms. The Morgan fingerprint density at radius 1 is 1.29 bits per heavy atom. The molecule has 0 spiro atoms. The summed E-state index contributed by atoms with van der Waals surface area (Å²) in [6.45, 7) is 2.28. The van der Waals surface area contributed by atoms with Gasteiger partial charge in [-0.3, -0.25) is 9.59 Å². The Morgan fingerprint density at radius 2 is 2.05 bits per heavy atom. The number of nitrogens with one attached hydrogen (secondary N) is 1. The number of hydrogen-bond acceptors (Lipinski definition) is 4. The predicted octanol–water partition coefficient (Wildman–Crippen LogP) is 2.90. The first-order valence-corrected chi connectivity index (χ1v) is 8.57. The Labute approximate surface area is 128 Å². The van der Waals surface area contributed by atoms with Crippen LogP contribution < -0.4 is 5.32 Å². The summed E-state index contributed by atoms with van der Waals surface area (Å²) < 4.78 is 0. The van der Waals surface area contributed by atoms with Crippen LogP contribution in [-0.2, 0) is 4.79 Å². The molecule has 2 amide bonds. The zero-order chi connectivity index (χ0) is 14.8. The van der Waals surface area contributed by atoms with Crippen molar-refractivity contribution in [2.75, 3.05) is 11.9 Å². The van der Waals surface area contributed by atoms with Crippen molar-refractivity contribution < 1.29 is 9.59 Å². The molecule has 1 aliphatic heterocycles. The molecule has 1 saturated carbocycles. The van der Waals surface area contributed by atoms with Crippen molar-refractivity contribution in [1.82, 2.24) is 9.88 Å². The van der Waals surface area contributed by atoms with Gasteiger partial charge >= 0.3 is 0 Å². The minimum Gasteiger partial charge on any atom is -0.334 e. The van der Waals surface area contributed by atoms with E-state index in [2.05, 4.69) is 10.3 Å². The molecule has 2 heterocycles. The summed E-state index contributed by atoms with van der Waals surface area (Å²) in [6, 6.07) is 0.394. The number of nitrogens with zero attached hydrogens (tertiary/aromatic N) is 2. The van der Waals surface area contributed by atoms with Gasteiger partial charge in [-0.2, -0.15) is 0 Å². The first-order chi connectivity index (χ1) is 10.1. The summed E-state index contributed by atoms with van der Waals surface area (Å²) in [5, 5.41) is 4.88. The van der Waals surface area contributed by atoms with Crippen LogP contribution in [0.1, 0.15) is 55.9 Å². The van der Waals surface area contributed by atoms with Crippen LogP contribution in [0.4, 0.5) is 5.13 Å². The van der Waals surface area contributed by atoms with E-state index in [4.69, 9.17) is 0 Å². The quantitative estimate of drug-likeness (QED) is 0.934. The average Bonchev–Trinajstić information content (AvgIpc) is 3.18. The number of hydrogen-bond donors (Lipinski definition) is 1. The van der Waals surface area contributed by atoms with Crippen LogP contribution in [0.2, 0.25) is 0 Å². The van der Waals surface area contributed by atoms with Crippen molar-refractivity contribution in [3.8, 4) is 0 Å². The summed E-state index contributed by atoms with van der Waals surface area (Å²) in [5.41, 5.74) is 0.466. The highest BCUT2D eigenvalue weighted by molar-refractivity contribution is 7.14. The molecule has 3 rings (SSSR count). The van der Waals surface area contributed by atoms with E-state index in [0.29, 0.717) is 22.8 Å². The molecule has 1 aromatic heterocycles. The van der Waals surface area contributed by atoms with Gasteiger partial charge < -0.3 is 10.2 Å². The van der Waals surface area contributed by atoms with Gasteiger partial charge in [-0.1, -0.05) is 12.8 Å². The number of likely N-dealkylation sites (tertiary alicyclic amines) is 1. The molecule has 2 aliphatic rings. The van der Waals surface area contributed by atoms with Crippen LogP contribution in [0, 0.1) is 5.92 Å². The lowest BCUT2D eigenvalue weighted by molar-refractivity contribution is -0.114. The number of anilines is 1. The summed E-state index contributed by atoms with van der Waals surface area (Å²) in [7, 11) is 0. The van der Waals surface area contributed by atoms with Gasteiger partial charge in [0.05, 0.1) is 0 Å². The Balaban J connectivity index is 1.71. The normalized spacial score (nSPS) is 22.7. The van der Waals surface area contributed by atoms with E-state index in [1.54, 1.807) is 5.38 Å². The van der Waals surface area contributed by atoms with E-state index in [0.717, 1.165) is 19.4 Å². The summed E-state index contributed by atoms with van der Waals surface area (Å²) in [6.07, 6.45) is 7.32. The summed E-state index contributed by atoms with van der Waals surface area (Å²) >= 11 is 1.31. The van der Waals surface area contributed by atoms with Crippen LogP contribution >= 0.6 is 11.3 Å². The lowest BCUT2D eigenvalue weighted by Gasteiger charge is -2.28. The number of thiazole rings is 1. The number of carbonyl (C=O) groups excluding carboxylic acids is 2. The lowest BCUT2D eigenvalue weighted by Crippen LogP contribution is -2.39. The predicted molar refractivity (Wildman–Crippen MR) is 82.4 cm³/mol. The number of rotatable bonds is 3. The third kappa shape index (κ3) is 3.10. The maximum Gasteiger partial charge on any atom is 0.273 e. The third-order valence-electron chi connectivity index (χ3n) is 4.51. The molecule has 2 fully saturated rings. The summed E-state index contributed by atoms with van der Waals surface area (Å²) in [4.78, 5) is 30.0. The van der Waals surface area contributed by atoms with Gasteiger partial charge in [-0.05, 0) is 31.6 Å². The molecule has 0 aromatic carbocycles. The van der Waals surface area contributed by atoms with Gasteiger partial charge in [0.15, 0.2) is 5.13 Å². The zero-order valence-electron chi connectivity index (χ0n) is 12.3. The molecule has 1 unspecified atom stereocenters. The second-order valence-electron chi connectivity index (χ2n) is 5.97. The van der Waals surface area contributed by atoms with Gasteiger partial charge in [0.1, 0.15) is 5.69 Å². The van der Waals surface area contributed by atoms with Gasteiger partial charge in [0.25, 0.3) is 5.91 Å². The summed E-state index contributed by atoms with van der Waals surface area (Å²) in [5.74, 6) is 0.538. The molecule has 5 nitrogen and oxygen atoms in total. The monoisotopic (exact) mass is 307 g/mol. The first kappa shape index (κ1) is 14.5. The number of carbonyl (C=O) groups is 2. The molecule has 0 radical (unpaired) electrons. The molecule has 0 bridgehead atoms. The Hall–Kier alpha value is -1.43. The van der Waals surface area contributed by atoms with Crippen LogP contribution in [-0.4, -0.2) is 34.3 Å². The third-order valence-corrected chi connectivity index (χ3v) is 5.27. The minimum atomic E-state index is -0.159. The van der Waals surface area contributed by atoms with Crippen LogP contribution in [0.25, 0.3) is 0 Å². The standard InChI is InChI=1S/C15H21N3O2S/c1-10(19)16-15-17-12(9-21-15)14(20)18-8-4-7-13(18)11-5-2-3-6-11/h9,11,13H,2-8H2,1H3,(H,16,17,19). The fourth-order valence-corrected chi connectivity index (χ4v) is 4.33. The molecule has 1 N–H and O–H groups in total. The van der Waals surface area contributed by atoms with Crippen molar-refractivity contribution in [3.05, 3.63) is 11.1 Å². The van der Waals surface area contributed by atoms with Gasteiger partial charge in [0, 0.05) is 24.9 Å². The number of aromatic nitrogens is 1. The fraction of sp³-hybridized carbons (Fsp3) is 0.667. The van der Waals surface area contributed by atoms with E-state index in [9.17, 15) is 9.59 Å². The fourth-order valence-electron chi connectivity index (χ4n) is 3.60. The maximum absolute atomic E-state index is 12.7. The van der Waals surface area contributed by atoms with Crippen LogP contribution in [0.15, 0.2) is 5.38 Å². The van der Waals surface area contributed by atoms with E-state index in [-0.39, 0.29) is 11.8 Å². The molecule has 1 saturated heterocycles. The first-order valence-electron chi connectivity index (χ1n) is 7.69. The average molecular weight is 307 g/mol. The second kappa shape index (κ2) is 6.13. The smallest absolute Gasteiger partial charge is 0.273 e. The van der Waals surface area contributed by atoms with Gasteiger partial charge in [-0.25, -0.2) is 4.98 Å². The van der Waals surface area contributed by atoms with E-state index < -0.39 is 0 Å². The maximum atomic E-state index is 12.7. The highest BCUT2D eigenvalue weighted by atomic mass is 32.1. The van der Waals surface area contributed by atoms with Crippen molar-refractivity contribution in [1.29, 1.82) is 0 Å². The van der Waals surface area contributed by atoms with Crippen LogP contribution in [0.5, 0.6) is 0 Å². The van der Waals surface area contributed by atoms with E-state index in [1.165, 1.54) is 43.9 Å². The Kier molecular flexibility index (Phi) is 4.24. The molecule has 114 valence electrons. The minimum absolute atomic E-state index is 0.0252. The molecule has 6 heteroatoms. The molecule has 1 aliphatic carbocycles. The van der Waals surface area contributed by atoms with Crippen molar-refractivity contribution >= 4 is 28.3 Å². The highest BCUT2D eigenvalue weighted by Crippen LogP contribution is 2.36. The van der Waals surface area contributed by atoms with Gasteiger partial charge in [-0.15, -0.1) is 11.3 Å². The van der Waals surface area contributed by atoms with Crippen LogP contribution in [0.3, 0.4) is 0 Å². The van der Waals surface area contributed by atoms with Crippen molar-refractivity contribution in [2.45, 2.75) is 51.5 Å². The van der Waals surface area contributed by atoms with E-state index >= 15 is 0 Å². The van der Waals surface area contributed by atoms with Crippen molar-refractivity contribution in [2.24, 2.45) is 5.92 Å². The molecule has 1 aromatic rings. The van der Waals surface area contributed by atoms with Crippen molar-refractivity contribution in [3.63, 3.8) is 0 Å². The lowest BCUT2D eigenvalue weighted by atomic mass is 9.96. The Bertz CT molecular complexity index is 537. The molecular formula is C15H21N3O2S. The molecule has 1 atom stereocenters. The van der Waals surface area contributed by atoms with E-state index in [1.807, 2.05) is 4.90 Å².